The number of hydrogen-bond donors (Lipinski definition) is 0. The predicted octanol–water partition coefficient (Wildman–Crippen LogP) is 3.38. The Kier molecular flexibility index (Phi) is 5.57. The fraction of sp³-hybridized carbons (Fsp3) is 0.350. The Balaban J connectivity index is 1.42. The molecule has 144 valence electrons. The number of rotatable bonds is 5. The van der Waals surface area contributed by atoms with Gasteiger partial charge in [0.25, 0.3) is 0 Å². The van der Waals surface area contributed by atoms with Crippen molar-refractivity contribution in [2.45, 2.75) is 32.1 Å². The van der Waals surface area contributed by atoms with E-state index in [9.17, 15) is 4.79 Å². The number of aryl methyl sites for hydroxylation is 1. The Labute approximate surface area is 167 Å². The Morgan fingerprint density at radius 2 is 2.21 bits per heavy atom. The van der Waals surface area contributed by atoms with Crippen LogP contribution in [0.3, 0.4) is 0 Å². The first-order chi connectivity index (χ1) is 13.7. The summed E-state index contributed by atoms with van der Waals surface area (Å²) in [5, 5.41) is 2.94. The highest BCUT2D eigenvalue weighted by Gasteiger charge is 2.26. The minimum atomic E-state index is 0.116. The van der Waals surface area contributed by atoms with Crippen LogP contribution in [0.15, 0.2) is 42.3 Å². The number of thiazole rings is 1. The van der Waals surface area contributed by atoms with Crippen LogP contribution in [-0.4, -0.2) is 43.8 Å². The monoisotopic (exact) mass is 395 g/mol. The number of carbonyl (C=O) groups is 1. The van der Waals surface area contributed by atoms with Crippen LogP contribution in [0.5, 0.6) is 11.6 Å². The van der Waals surface area contributed by atoms with E-state index < -0.39 is 0 Å². The molecule has 0 radical (unpaired) electrons. The molecular weight excluding hydrogens is 374 g/mol. The van der Waals surface area contributed by atoms with Crippen molar-refractivity contribution >= 4 is 17.2 Å². The van der Waals surface area contributed by atoms with Crippen molar-refractivity contribution in [2.75, 3.05) is 13.1 Å². The van der Waals surface area contributed by atoms with Gasteiger partial charge < -0.3 is 9.64 Å². The molecule has 1 amide bonds. The number of pyridine rings is 1. The van der Waals surface area contributed by atoms with Crippen LogP contribution in [0.2, 0.25) is 0 Å². The largest absolute Gasteiger partial charge is 0.436 e. The average Bonchev–Trinajstić information content (AvgIpc) is 3.13. The third-order valence-electron chi connectivity index (χ3n) is 4.68. The van der Waals surface area contributed by atoms with Gasteiger partial charge in [0, 0.05) is 36.8 Å². The molecule has 0 saturated carbocycles. The number of nitrogens with zero attached hydrogens (tertiary/aromatic N) is 5. The lowest BCUT2D eigenvalue weighted by molar-refractivity contribution is -0.131. The van der Waals surface area contributed by atoms with E-state index in [0.29, 0.717) is 24.6 Å². The second-order valence-corrected chi connectivity index (χ2v) is 7.85. The van der Waals surface area contributed by atoms with Gasteiger partial charge in [0.15, 0.2) is 0 Å². The summed E-state index contributed by atoms with van der Waals surface area (Å²) in [7, 11) is 0. The first kappa shape index (κ1) is 18.5. The van der Waals surface area contributed by atoms with Crippen LogP contribution in [0.25, 0.3) is 0 Å². The summed E-state index contributed by atoms with van der Waals surface area (Å²) >= 11 is 1.57. The summed E-state index contributed by atoms with van der Waals surface area (Å²) in [5.74, 6) is 1.32. The van der Waals surface area contributed by atoms with E-state index in [1.165, 1.54) is 0 Å². The summed E-state index contributed by atoms with van der Waals surface area (Å²) in [6.45, 7) is 3.37. The van der Waals surface area contributed by atoms with E-state index in [1.54, 1.807) is 42.2 Å². The Hall–Kier alpha value is -2.87. The van der Waals surface area contributed by atoms with Crippen LogP contribution < -0.4 is 4.74 Å². The summed E-state index contributed by atoms with van der Waals surface area (Å²) in [5.41, 5.74) is 1.70. The molecule has 8 heteroatoms. The zero-order valence-corrected chi connectivity index (χ0v) is 16.4. The molecule has 1 atom stereocenters. The van der Waals surface area contributed by atoms with Gasteiger partial charge in [-0.1, -0.05) is 0 Å². The van der Waals surface area contributed by atoms with Crippen molar-refractivity contribution in [3.8, 4) is 11.6 Å². The third-order valence-corrected chi connectivity index (χ3v) is 5.50. The summed E-state index contributed by atoms with van der Waals surface area (Å²) < 4.78 is 5.74. The SMILES string of the molecule is Cc1nc(CC(=O)N2CCCC(c3cncc(Oc4cccnc4)n3)C2)cs1. The highest BCUT2D eigenvalue weighted by atomic mass is 32.1. The molecule has 0 aromatic carbocycles. The van der Waals surface area contributed by atoms with Crippen LogP contribution in [-0.2, 0) is 11.2 Å². The molecular formula is C20H21N5O2S. The minimum absolute atomic E-state index is 0.116. The molecule has 1 unspecified atom stereocenters. The third kappa shape index (κ3) is 4.51. The molecule has 1 aliphatic rings. The molecule has 0 N–H and O–H groups in total. The number of aromatic nitrogens is 4. The molecule has 0 spiro atoms. The van der Waals surface area contributed by atoms with Crippen molar-refractivity contribution in [3.05, 3.63) is 58.7 Å². The topological polar surface area (TPSA) is 81.1 Å². The zero-order chi connectivity index (χ0) is 19.3. The van der Waals surface area contributed by atoms with E-state index in [1.807, 2.05) is 23.3 Å². The second-order valence-electron chi connectivity index (χ2n) is 6.79. The maximum absolute atomic E-state index is 12.7. The molecule has 0 bridgehead atoms. The first-order valence-corrected chi connectivity index (χ1v) is 10.1. The van der Waals surface area contributed by atoms with Gasteiger partial charge in [-0.3, -0.25) is 14.8 Å². The van der Waals surface area contributed by atoms with E-state index >= 15 is 0 Å². The number of ether oxygens (including phenoxy) is 1. The number of piperidine rings is 1. The summed E-state index contributed by atoms with van der Waals surface area (Å²) in [6.07, 6.45) is 8.95. The molecule has 28 heavy (non-hydrogen) atoms. The van der Waals surface area contributed by atoms with Crippen molar-refractivity contribution in [1.29, 1.82) is 0 Å². The number of likely N-dealkylation sites (tertiary alicyclic amines) is 1. The quantitative estimate of drug-likeness (QED) is 0.659. The van der Waals surface area contributed by atoms with E-state index in [4.69, 9.17) is 4.74 Å². The standard InChI is InChI=1S/C20H21N5O2S/c1-14-23-16(13-28-14)8-20(26)25-7-3-4-15(12-25)18-10-22-11-19(24-18)27-17-5-2-6-21-9-17/h2,5-6,9-11,13,15H,3-4,7-8,12H2,1H3. The van der Waals surface area contributed by atoms with E-state index in [0.717, 1.165) is 35.8 Å². The maximum Gasteiger partial charge on any atom is 0.238 e. The smallest absolute Gasteiger partial charge is 0.238 e. The fourth-order valence-electron chi connectivity index (χ4n) is 3.34. The van der Waals surface area contributed by atoms with E-state index in [-0.39, 0.29) is 11.8 Å². The minimum Gasteiger partial charge on any atom is -0.436 e. The number of carbonyl (C=O) groups excluding carboxylic acids is 1. The fourth-order valence-corrected chi connectivity index (χ4v) is 3.95. The Bertz CT molecular complexity index is 947. The molecule has 1 saturated heterocycles. The Morgan fingerprint density at radius 3 is 3.00 bits per heavy atom. The normalized spacial score (nSPS) is 16.8. The van der Waals surface area contributed by atoms with Crippen LogP contribution in [0.4, 0.5) is 0 Å². The van der Waals surface area contributed by atoms with Gasteiger partial charge in [-0.2, -0.15) is 0 Å². The van der Waals surface area contributed by atoms with Crippen molar-refractivity contribution in [3.63, 3.8) is 0 Å². The summed E-state index contributed by atoms with van der Waals surface area (Å²) in [6, 6.07) is 3.63. The molecule has 3 aromatic heterocycles. The van der Waals surface area contributed by atoms with Gasteiger partial charge in [-0.05, 0) is 31.9 Å². The summed E-state index contributed by atoms with van der Waals surface area (Å²) in [4.78, 5) is 31.9. The van der Waals surface area contributed by atoms with Gasteiger partial charge in [0.2, 0.25) is 11.8 Å². The molecule has 3 aromatic rings. The lowest BCUT2D eigenvalue weighted by Gasteiger charge is -2.32. The van der Waals surface area contributed by atoms with Gasteiger partial charge in [-0.15, -0.1) is 11.3 Å². The zero-order valence-electron chi connectivity index (χ0n) is 15.6. The lowest BCUT2D eigenvalue weighted by atomic mass is 9.94. The molecule has 1 aliphatic heterocycles. The van der Waals surface area contributed by atoms with Crippen molar-refractivity contribution in [1.82, 2.24) is 24.8 Å². The first-order valence-electron chi connectivity index (χ1n) is 9.26. The van der Waals surface area contributed by atoms with Crippen LogP contribution >= 0.6 is 11.3 Å². The Morgan fingerprint density at radius 1 is 1.29 bits per heavy atom. The number of amides is 1. The lowest BCUT2D eigenvalue weighted by Crippen LogP contribution is -2.40. The number of hydrogen-bond acceptors (Lipinski definition) is 7. The van der Waals surface area contributed by atoms with Crippen molar-refractivity contribution < 1.29 is 9.53 Å². The van der Waals surface area contributed by atoms with Crippen LogP contribution in [0.1, 0.15) is 35.2 Å². The molecule has 4 rings (SSSR count). The van der Waals surface area contributed by atoms with Gasteiger partial charge >= 0.3 is 0 Å². The highest BCUT2D eigenvalue weighted by Crippen LogP contribution is 2.27. The predicted molar refractivity (Wildman–Crippen MR) is 105 cm³/mol. The molecule has 1 fully saturated rings. The highest BCUT2D eigenvalue weighted by molar-refractivity contribution is 7.09. The molecule has 0 aliphatic carbocycles. The average molecular weight is 395 g/mol. The molecule has 7 nitrogen and oxygen atoms in total. The molecule has 4 heterocycles. The van der Waals surface area contributed by atoms with Crippen molar-refractivity contribution in [2.24, 2.45) is 0 Å². The van der Waals surface area contributed by atoms with E-state index in [2.05, 4.69) is 19.9 Å². The van der Waals surface area contributed by atoms with Gasteiger partial charge in [-0.25, -0.2) is 9.97 Å². The maximum atomic E-state index is 12.7. The van der Waals surface area contributed by atoms with Gasteiger partial charge in [0.05, 0.1) is 35.2 Å². The van der Waals surface area contributed by atoms with Crippen LogP contribution in [0, 0.1) is 6.92 Å². The van der Waals surface area contributed by atoms with Gasteiger partial charge in [0.1, 0.15) is 5.75 Å². The second kappa shape index (κ2) is 8.43.